The maximum absolute atomic E-state index is 11.5. The van der Waals surface area contributed by atoms with Crippen LogP contribution in [0.4, 0.5) is 0 Å². The van der Waals surface area contributed by atoms with Crippen molar-refractivity contribution in [2.45, 2.75) is 13.5 Å². The Kier molecular flexibility index (Phi) is 4.58. The van der Waals surface area contributed by atoms with Crippen molar-refractivity contribution in [2.24, 2.45) is 0 Å². The lowest BCUT2D eigenvalue weighted by Crippen LogP contribution is -2.27. The number of methoxy groups -OCH3 is 1. The van der Waals surface area contributed by atoms with Gasteiger partial charge in [-0.15, -0.1) is 0 Å². The van der Waals surface area contributed by atoms with Gasteiger partial charge in [0.1, 0.15) is 0 Å². The first-order valence-electron chi connectivity index (χ1n) is 4.69. The predicted molar refractivity (Wildman–Crippen MR) is 57.1 cm³/mol. The van der Waals surface area contributed by atoms with Crippen molar-refractivity contribution in [2.75, 3.05) is 20.3 Å². The molecular weight excluding hydrogens is 218 g/mol. The molecule has 0 aromatic carbocycles. The SMILES string of the molecule is CCn1cc(Cl)c(C(=O)NCCOC)n1. The number of halogens is 1. The lowest BCUT2D eigenvalue weighted by molar-refractivity contribution is 0.0931. The molecule has 0 aliphatic rings. The fourth-order valence-electron chi connectivity index (χ4n) is 1.06. The molecule has 0 bridgehead atoms. The van der Waals surface area contributed by atoms with E-state index in [1.165, 1.54) is 0 Å². The van der Waals surface area contributed by atoms with Gasteiger partial charge < -0.3 is 10.1 Å². The van der Waals surface area contributed by atoms with Crippen LogP contribution in [0.15, 0.2) is 6.20 Å². The van der Waals surface area contributed by atoms with Crippen LogP contribution in [0.5, 0.6) is 0 Å². The third-order valence-corrected chi connectivity index (χ3v) is 2.12. The Bertz CT molecular complexity index is 338. The van der Waals surface area contributed by atoms with Gasteiger partial charge in [0.2, 0.25) is 0 Å². The summed E-state index contributed by atoms with van der Waals surface area (Å²) < 4.78 is 6.43. The number of rotatable bonds is 5. The summed E-state index contributed by atoms with van der Waals surface area (Å²) in [5.74, 6) is -0.274. The average molecular weight is 232 g/mol. The highest BCUT2D eigenvalue weighted by Crippen LogP contribution is 2.13. The number of nitrogens with one attached hydrogen (secondary N) is 1. The Labute approximate surface area is 93.4 Å². The van der Waals surface area contributed by atoms with E-state index in [0.717, 1.165) is 0 Å². The molecule has 0 atom stereocenters. The number of nitrogens with zero attached hydrogens (tertiary/aromatic N) is 2. The van der Waals surface area contributed by atoms with Gasteiger partial charge in [0, 0.05) is 26.4 Å². The van der Waals surface area contributed by atoms with Crippen LogP contribution >= 0.6 is 11.6 Å². The van der Waals surface area contributed by atoms with Crippen LogP contribution in [0.2, 0.25) is 5.02 Å². The van der Waals surface area contributed by atoms with E-state index < -0.39 is 0 Å². The van der Waals surface area contributed by atoms with Crippen LogP contribution in [0.1, 0.15) is 17.4 Å². The molecule has 0 fully saturated rings. The minimum absolute atomic E-state index is 0.259. The van der Waals surface area contributed by atoms with Crippen LogP contribution in [-0.4, -0.2) is 35.9 Å². The molecule has 0 spiro atoms. The molecule has 1 N–H and O–H groups in total. The molecule has 0 radical (unpaired) electrons. The van der Waals surface area contributed by atoms with Crippen molar-refractivity contribution in [1.82, 2.24) is 15.1 Å². The number of carbonyl (C=O) groups is 1. The lowest BCUT2D eigenvalue weighted by Gasteiger charge is -2.01. The second-order valence-electron chi connectivity index (χ2n) is 2.93. The Morgan fingerprint density at radius 3 is 3.00 bits per heavy atom. The number of carbonyl (C=O) groups excluding carboxylic acids is 1. The number of ether oxygens (including phenoxy) is 1. The first-order chi connectivity index (χ1) is 7.19. The van der Waals surface area contributed by atoms with E-state index in [9.17, 15) is 4.79 Å². The fraction of sp³-hybridized carbons (Fsp3) is 0.556. The van der Waals surface area contributed by atoms with E-state index in [-0.39, 0.29) is 11.6 Å². The number of aryl methyl sites for hydroxylation is 1. The summed E-state index contributed by atoms with van der Waals surface area (Å²) in [6, 6.07) is 0. The van der Waals surface area contributed by atoms with Crippen LogP contribution in [0.3, 0.4) is 0 Å². The highest BCUT2D eigenvalue weighted by molar-refractivity contribution is 6.33. The van der Waals surface area contributed by atoms with E-state index in [1.807, 2.05) is 6.92 Å². The molecule has 0 saturated heterocycles. The van der Waals surface area contributed by atoms with Gasteiger partial charge in [-0.05, 0) is 6.92 Å². The van der Waals surface area contributed by atoms with Crippen LogP contribution in [0.25, 0.3) is 0 Å². The molecule has 1 amide bonds. The Balaban J connectivity index is 2.60. The summed E-state index contributed by atoms with van der Waals surface area (Å²) in [4.78, 5) is 11.5. The number of hydrogen-bond donors (Lipinski definition) is 1. The number of aromatic nitrogens is 2. The number of amides is 1. The van der Waals surface area contributed by atoms with Gasteiger partial charge in [-0.1, -0.05) is 11.6 Å². The maximum atomic E-state index is 11.5. The van der Waals surface area contributed by atoms with Crippen molar-refractivity contribution in [3.63, 3.8) is 0 Å². The molecule has 0 aliphatic heterocycles. The lowest BCUT2D eigenvalue weighted by atomic mass is 10.4. The van der Waals surface area contributed by atoms with Crippen molar-refractivity contribution in [3.05, 3.63) is 16.9 Å². The second-order valence-corrected chi connectivity index (χ2v) is 3.34. The van der Waals surface area contributed by atoms with Gasteiger partial charge in [-0.3, -0.25) is 9.48 Å². The van der Waals surface area contributed by atoms with Crippen LogP contribution in [0, 0.1) is 0 Å². The molecule has 1 aromatic rings. The molecule has 0 unspecified atom stereocenters. The average Bonchev–Trinajstić information content (AvgIpc) is 2.60. The standard InChI is InChI=1S/C9H14ClN3O2/c1-3-13-6-7(10)8(12-13)9(14)11-4-5-15-2/h6H,3-5H2,1-2H3,(H,11,14). The Morgan fingerprint density at radius 2 is 2.47 bits per heavy atom. The molecule has 1 aromatic heterocycles. The summed E-state index contributed by atoms with van der Waals surface area (Å²) in [6.45, 7) is 3.53. The van der Waals surface area contributed by atoms with E-state index in [1.54, 1.807) is 18.0 Å². The molecule has 15 heavy (non-hydrogen) atoms. The first-order valence-corrected chi connectivity index (χ1v) is 5.07. The quantitative estimate of drug-likeness (QED) is 0.768. The van der Waals surface area contributed by atoms with E-state index >= 15 is 0 Å². The van der Waals surface area contributed by atoms with E-state index in [0.29, 0.717) is 24.7 Å². The molecule has 1 rings (SSSR count). The minimum atomic E-state index is -0.274. The summed E-state index contributed by atoms with van der Waals surface area (Å²) in [7, 11) is 1.57. The van der Waals surface area contributed by atoms with Crippen molar-refractivity contribution in [3.8, 4) is 0 Å². The smallest absolute Gasteiger partial charge is 0.273 e. The van der Waals surface area contributed by atoms with Gasteiger partial charge in [0.05, 0.1) is 11.6 Å². The van der Waals surface area contributed by atoms with Crippen molar-refractivity contribution in [1.29, 1.82) is 0 Å². The Hall–Kier alpha value is -1.07. The van der Waals surface area contributed by atoms with Crippen LogP contribution in [-0.2, 0) is 11.3 Å². The van der Waals surface area contributed by atoms with Crippen LogP contribution < -0.4 is 5.32 Å². The van der Waals surface area contributed by atoms with E-state index in [4.69, 9.17) is 16.3 Å². The van der Waals surface area contributed by atoms with Gasteiger partial charge in [0.15, 0.2) is 5.69 Å². The third kappa shape index (κ3) is 3.21. The van der Waals surface area contributed by atoms with Crippen molar-refractivity contribution >= 4 is 17.5 Å². The molecule has 6 heteroatoms. The van der Waals surface area contributed by atoms with Gasteiger partial charge >= 0.3 is 0 Å². The summed E-state index contributed by atoms with van der Waals surface area (Å²) >= 11 is 5.86. The third-order valence-electron chi connectivity index (χ3n) is 1.85. The second kappa shape index (κ2) is 5.72. The molecule has 5 nitrogen and oxygen atoms in total. The normalized spacial score (nSPS) is 10.3. The van der Waals surface area contributed by atoms with Crippen molar-refractivity contribution < 1.29 is 9.53 Å². The highest BCUT2D eigenvalue weighted by atomic mass is 35.5. The Morgan fingerprint density at radius 1 is 1.73 bits per heavy atom. The van der Waals surface area contributed by atoms with E-state index in [2.05, 4.69) is 10.4 Å². The maximum Gasteiger partial charge on any atom is 0.273 e. The monoisotopic (exact) mass is 231 g/mol. The fourth-order valence-corrected chi connectivity index (χ4v) is 1.30. The first kappa shape index (κ1) is 12.0. The zero-order valence-corrected chi connectivity index (χ0v) is 9.54. The molecule has 0 aliphatic carbocycles. The molecule has 1 heterocycles. The molecule has 0 saturated carbocycles. The zero-order valence-electron chi connectivity index (χ0n) is 8.79. The summed E-state index contributed by atoms with van der Waals surface area (Å²) in [5.41, 5.74) is 0.259. The molecule has 84 valence electrons. The summed E-state index contributed by atoms with van der Waals surface area (Å²) in [6.07, 6.45) is 1.63. The van der Waals surface area contributed by atoms with Gasteiger partial charge in [-0.25, -0.2) is 0 Å². The predicted octanol–water partition coefficient (Wildman–Crippen LogP) is 0.933. The zero-order chi connectivity index (χ0) is 11.3. The number of hydrogen-bond acceptors (Lipinski definition) is 3. The molecular formula is C9H14ClN3O2. The minimum Gasteiger partial charge on any atom is -0.383 e. The van der Waals surface area contributed by atoms with Gasteiger partial charge in [-0.2, -0.15) is 5.10 Å². The largest absolute Gasteiger partial charge is 0.383 e. The summed E-state index contributed by atoms with van der Waals surface area (Å²) in [5, 5.41) is 7.06. The highest BCUT2D eigenvalue weighted by Gasteiger charge is 2.14. The topological polar surface area (TPSA) is 56.2 Å². The van der Waals surface area contributed by atoms with Gasteiger partial charge in [0.25, 0.3) is 5.91 Å².